The van der Waals surface area contributed by atoms with Gasteiger partial charge in [-0.25, -0.2) is 4.79 Å². The van der Waals surface area contributed by atoms with E-state index in [2.05, 4.69) is 11.9 Å². The summed E-state index contributed by atoms with van der Waals surface area (Å²) < 4.78 is 0. The van der Waals surface area contributed by atoms with Crippen molar-refractivity contribution in [2.75, 3.05) is 13.6 Å². The number of nitrogens with one attached hydrogen (secondary N) is 1. The molecule has 0 fully saturated rings. The number of rotatable bonds is 5. The van der Waals surface area contributed by atoms with Gasteiger partial charge in [-0.1, -0.05) is 6.58 Å². The van der Waals surface area contributed by atoms with Gasteiger partial charge in [-0.2, -0.15) is 0 Å². The maximum atomic E-state index is 9.85. The van der Waals surface area contributed by atoms with Crippen LogP contribution in [-0.2, 0) is 9.59 Å². The highest BCUT2D eigenvalue weighted by Crippen LogP contribution is 1.83. The molecule has 0 aliphatic carbocycles. The van der Waals surface area contributed by atoms with Crippen LogP contribution in [0.25, 0.3) is 0 Å². The van der Waals surface area contributed by atoms with Gasteiger partial charge in [0, 0.05) is 12.0 Å². The molecular formula is C9H17NO4. The molecule has 0 aromatic rings. The summed E-state index contributed by atoms with van der Waals surface area (Å²) in [7, 11) is 1.81. The Balaban J connectivity index is 0. The fourth-order valence-corrected chi connectivity index (χ4v) is 0.416. The van der Waals surface area contributed by atoms with Gasteiger partial charge in [0.25, 0.3) is 0 Å². The second-order valence-corrected chi connectivity index (χ2v) is 2.69. The molecule has 0 aromatic heterocycles. The molecule has 0 unspecified atom stereocenters. The van der Waals surface area contributed by atoms with Crippen LogP contribution in [0.15, 0.2) is 12.2 Å². The van der Waals surface area contributed by atoms with Gasteiger partial charge in [-0.05, 0) is 26.9 Å². The van der Waals surface area contributed by atoms with Crippen molar-refractivity contribution >= 4 is 11.9 Å². The summed E-state index contributed by atoms with van der Waals surface area (Å²) in [5.41, 5.74) is 0.176. The third kappa shape index (κ3) is 16.9. The topological polar surface area (TPSA) is 86.6 Å². The van der Waals surface area contributed by atoms with Crippen LogP contribution in [0, 0.1) is 0 Å². The molecule has 3 N–H and O–H groups in total. The first-order chi connectivity index (χ1) is 6.41. The average molecular weight is 203 g/mol. The average Bonchev–Trinajstić information content (AvgIpc) is 2.05. The molecule has 0 radical (unpaired) electrons. The molecule has 0 aromatic carbocycles. The molecule has 0 bridgehead atoms. The molecular weight excluding hydrogens is 186 g/mol. The minimum atomic E-state index is -0.935. The second kappa shape index (κ2) is 9.73. The van der Waals surface area contributed by atoms with E-state index in [1.165, 1.54) is 6.92 Å². The first kappa shape index (κ1) is 15.1. The van der Waals surface area contributed by atoms with Crippen molar-refractivity contribution in [2.24, 2.45) is 0 Å². The summed E-state index contributed by atoms with van der Waals surface area (Å²) in [4.78, 5) is 19.4. The Bertz CT molecular complexity index is 189. The maximum absolute atomic E-state index is 9.85. The predicted octanol–water partition coefficient (Wildman–Crippen LogP) is 0.718. The fraction of sp³-hybridized carbons (Fsp3) is 0.556. The summed E-state index contributed by atoms with van der Waals surface area (Å²) in [6.45, 7) is 5.39. The van der Waals surface area contributed by atoms with Gasteiger partial charge in [-0.3, -0.25) is 4.79 Å². The zero-order valence-corrected chi connectivity index (χ0v) is 8.54. The Morgan fingerprint density at radius 3 is 2.00 bits per heavy atom. The van der Waals surface area contributed by atoms with Crippen LogP contribution in [-0.4, -0.2) is 35.7 Å². The molecule has 0 aliphatic heterocycles. The van der Waals surface area contributed by atoms with Crippen LogP contribution in [0.2, 0.25) is 0 Å². The van der Waals surface area contributed by atoms with Crippen molar-refractivity contribution in [3.8, 4) is 0 Å². The molecule has 82 valence electrons. The zero-order valence-electron chi connectivity index (χ0n) is 8.54. The van der Waals surface area contributed by atoms with Crippen molar-refractivity contribution in [1.29, 1.82) is 0 Å². The smallest absolute Gasteiger partial charge is 0.330 e. The lowest BCUT2D eigenvalue weighted by Gasteiger charge is -1.92. The highest BCUT2D eigenvalue weighted by Gasteiger charge is 1.92. The minimum absolute atomic E-state index is 0.176. The Kier molecular flexibility index (Phi) is 10.5. The standard InChI is InChI=1S/C5H11NO2.C4H6O2/c1-6-4-2-3-5(7)8;1-3(2)4(5)6/h6H,2-4H2,1H3,(H,7,8);1H2,2H3,(H,5,6). The summed E-state index contributed by atoms with van der Waals surface area (Å²) >= 11 is 0. The third-order valence-corrected chi connectivity index (χ3v) is 1.18. The number of hydrogen-bond acceptors (Lipinski definition) is 3. The van der Waals surface area contributed by atoms with Crippen molar-refractivity contribution < 1.29 is 19.8 Å². The lowest BCUT2D eigenvalue weighted by molar-refractivity contribution is -0.137. The summed E-state index contributed by atoms with van der Waals surface area (Å²) in [5.74, 6) is -1.66. The van der Waals surface area contributed by atoms with Crippen molar-refractivity contribution in [3.63, 3.8) is 0 Å². The number of carboxylic acid groups (broad SMARTS) is 2. The van der Waals surface area contributed by atoms with Gasteiger partial charge >= 0.3 is 11.9 Å². The lowest BCUT2D eigenvalue weighted by atomic mass is 10.3. The van der Waals surface area contributed by atoms with Gasteiger partial charge in [0.15, 0.2) is 0 Å². The quantitative estimate of drug-likeness (QED) is 0.452. The molecule has 0 heterocycles. The Labute approximate surface area is 83.4 Å². The molecule has 0 spiro atoms. The molecule has 5 nitrogen and oxygen atoms in total. The lowest BCUT2D eigenvalue weighted by Crippen LogP contribution is -2.09. The Morgan fingerprint density at radius 2 is 1.79 bits per heavy atom. The van der Waals surface area contributed by atoms with E-state index in [4.69, 9.17) is 10.2 Å². The van der Waals surface area contributed by atoms with E-state index in [0.29, 0.717) is 6.42 Å². The molecule has 0 amide bonds. The van der Waals surface area contributed by atoms with E-state index in [0.717, 1.165) is 6.54 Å². The highest BCUT2D eigenvalue weighted by molar-refractivity contribution is 5.84. The normalized spacial score (nSPS) is 8.43. The molecule has 0 saturated carbocycles. The van der Waals surface area contributed by atoms with Gasteiger partial charge in [0.1, 0.15) is 0 Å². The van der Waals surface area contributed by atoms with Crippen LogP contribution in [0.5, 0.6) is 0 Å². The first-order valence-electron chi connectivity index (χ1n) is 4.17. The summed E-state index contributed by atoms with van der Waals surface area (Å²) in [5, 5.41) is 18.9. The van der Waals surface area contributed by atoms with E-state index in [-0.39, 0.29) is 12.0 Å². The number of carboxylic acids is 2. The van der Waals surface area contributed by atoms with Crippen molar-refractivity contribution in [1.82, 2.24) is 5.32 Å². The monoisotopic (exact) mass is 203 g/mol. The van der Waals surface area contributed by atoms with E-state index < -0.39 is 11.9 Å². The molecule has 0 saturated heterocycles. The van der Waals surface area contributed by atoms with Crippen LogP contribution in [0.1, 0.15) is 19.8 Å². The number of hydrogen-bond donors (Lipinski definition) is 3. The molecule has 0 aliphatic rings. The molecule has 0 atom stereocenters. The summed E-state index contributed by atoms with van der Waals surface area (Å²) in [6.07, 6.45) is 0.979. The van der Waals surface area contributed by atoms with Gasteiger partial charge < -0.3 is 15.5 Å². The van der Waals surface area contributed by atoms with E-state index in [1.54, 1.807) is 0 Å². The van der Waals surface area contributed by atoms with Crippen LogP contribution in [0.3, 0.4) is 0 Å². The maximum Gasteiger partial charge on any atom is 0.330 e. The Hall–Kier alpha value is -1.36. The van der Waals surface area contributed by atoms with Crippen molar-refractivity contribution in [3.05, 3.63) is 12.2 Å². The highest BCUT2D eigenvalue weighted by atomic mass is 16.4. The van der Waals surface area contributed by atoms with E-state index in [1.807, 2.05) is 7.05 Å². The first-order valence-corrected chi connectivity index (χ1v) is 4.17. The van der Waals surface area contributed by atoms with Crippen LogP contribution < -0.4 is 5.32 Å². The molecule has 5 heteroatoms. The molecule has 14 heavy (non-hydrogen) atoms. The van der Waals surface area contributed by atoms with Crippen LogP contribution >= 0.6 is 0 Å². The van der Waals surface area contributed by atoms with Crippen LogP contribution in [0.4, 0.5) is 0 Å². The zero-order chi connectivity index (χ0) is 11.6. The van der Waals surface area contributed by atoms with E-state index >= 15 is 0 Å². The number of carbonyl (C=O) groups is 2. The summed E-state index contributed by atoms with van der Waals surface area (Å²) in [6, 6.07) is 0. The van der Waals surface area contributed by atoms with Gasteiger partial charge in [-0.15, -0.1) is 0 Å². The van der Waals surface area contributed by atoms with E-state index in [9.17, 15) is 9.59 Å². The minimum Gasteiger partial charge on any atom is -0.481 e. The number of aliphatic carboxylic acids is 2. The largest absolute Gasteiger partial charge is 0.481 e. The fourth-order valence-electron chi connectivity index (χ4n) is 0.416. The predicted molar refractivity (Wildman–Crippen MR) is 53.2 cm³/mol. The van der Waals surface area contributed by atoms with Gasteiger partial charge in [0.05, 0.1) is 0 Å². The SMILES string of the molecule is C=C(C)C(=O)O.CNCCCC(=O)O. The Morgan fingerprint density at radius 1 is 1.36 bits per heavy atom. The van der Waals surface area contributed by atoms with Crippen molar-refractivity contribution in [2.45, 2.75) is 19.8 Å². The third-order valence-electron chi connectivity index (χ3n) is 1.18. The van der Waals surface area contributed by atoms with Gasteiger partial charge in [0.2, 0.25) is 0 Å². The molecule has 0 rings (SSSR count). The second-order valence-electron chi connectivity index (χ2n) is 2.69.